The summed E-state index contributed by atoms with van der Waals surface area (Å²) in [6, 6.07) is 19.0. The molecule has 1 aliphatic heterocycles. The number of fused-ring (bicyclic) bond motifs is 3. The Morgan fingerprint density at radius 2 is 1.96 bits per heavy atom. The predicted molar refractivity (Wildman–Crippen MR) is 101 cm³/mol. The van der Waals surface area contributed by atoms with Crippen LogP contribution in [-0.4, -0.2) is 12.5 Å². The second-order valence-electron chi connectivity index (χ2n) is 6.54. The Morgan fingerprint density at radius 1 is 1.16 bits per heavy atom. The van der Waals surface area contributed by atoms with Gasteiger partial charge in [-0.3, -0.25) is 0 Å². The van der Waals surface area contributed by atoms with Gasteiger partial charge in [0.05, 0.1) is 6.54 Å². The van der Waals surface area contributed by atoms with Crippen molar-refractivity contribution < 1.29 is 4.39 Å². The smallest absolute Gasteiger partial charge is 0.196 e. The topological polar surface area (TPSA) is 41.6 Å². The minimum Gasteiger partial charge on any atom is -0.370 e. The molecule has 0 aliphatic carbocycles. The molecule has 1 heterocycles. The lowest BCUT2D eigenvalue weighted by molar-refractivity contribution is 0.629. The summed E-state index contributed by atoms with van der Waals surface area (Å²) in [5, 5.41) is 2.01. The van der Waals surface area contributed by atoms with Crippen molar-refractivity contribution in [2.24, 2.45) is 10.7 Å². The average Bonchev–Trinajstić information content (AvgIpc) is 2.97. The molecule has 0 spiro atoms. The highest BCUT2D eigenvalue weighted by Gasteiger charge is 2.29. The van der Waals surface area contributed by atoms with Gasteiger partial charge in [-0.25, -0.2) is 9.38 Å². The summed E-state index contributed by atoms with van der Waals surface area (Å²) in [6.45, 7) is 3.52. The molecular weight excluding hydrogens is 313 g/mol. The maximum Gasteiger partial charge on any atom is 0.196 e. The highest BCUT2D eigenvalue weighted by atomic mass is 19.1. The Labute approximate surface area is 146 Å². The van der Waals surface area contributed by atoms with E-state index >= 15 is 0 Å². The molecule has 0 saturated carbocycles. The van der Waals surface area contributed by atoms with Crippen LogP contribution in [0.1, 0.15) is 24.0 Å². The molecule has 0 radical (unpaired) electrons. The number of halogens is 1. The second kappa shape index (κ2) is 6.20. The minimum atomic E-state index is -0.209. The van der Waals surface area contributed by atoms with Gasteiger partial charge >= 0.3 is 0 Å². The predicted octanol–water partition coefficient (Wildman–Crippen LogP) is 4.42. The molecule has 3 aromatic carbocycles. The van der Waals surface area contributed by atoms with Gasteiger partial charge in [0.15, 0.2) is 5.96 Å². The van der Waals surface area contributed by atoms with E-state index in [4.69, 9.17) is 5.73 Å². The molecule has 1 aliphatic rings. The van der Waals surface area contributed by atoms with Gasteiger partial charge in [-0.05, 0) is 40.1 Å². The molecule has 0 amide bonds. The second-order valence-corrected chi connectivity index (χ2v) is 6.54. The lowest BCUT2D eigenvalue weighted by atomic mass is 9.96. The number of hydrogen-bond donors (Lipinski definition) is 1. The first-order valence-electron chi connectivity index (χ1n) is 8.47. The van der Waals surface area contributed by atoms with Crippen LogP contribution in [0, 0.1) is 5.82 Å². The molecule has 1 atom stereocenters. The van der Waals surface area contributed by atoms with Gasteiger partial charge in [-0.15, -0.1) is 0 Å². The Balaban J connectivity index is 1.69. The van der Waals surface area contributed by atoms with E-state index in [0.717, 1.165) is 28.6 Å². The van der Waals surface area contributed by atoms with E-state index in [2.05, 4.69) is 16.8 Å². The van der Waals surface area contributed by atoms with E-state index in [0.29, 0.717) is 18.4 Å². The highest BCUT2D eigenvalue weighted by Crippen LogP contribution is 2.40. The summed E-state index contributed by atoms with van der Waals surface area (Å²) in [6.07, 6.45) is 0. The Hall–Kier alpha value is -2.88. The molecule has 4 heteroatoms. The molecule has 4 rings (SSSR count). The SMILES string of the molecule is CC1CN(C(N)=NCc2ccccc2)c2ccc3cc(F)ccc3c21. The maximum atomic E-state index is 13.5. The molecule has 0 bridgehead atoms. The molecule has 3 nitrogen and oxygen atoms in total. The third-order valence-electron chi connectivity index (χ3n) is 4.78. The summed E-state index contributed by atoms with van der Waals surface area (Å²) in [5.74, 6) is 0.629. The Morgan fingerprint density at radius 3 is 2.76 bits per heavy atom. The fraction of sp³-hybridized carbons (Fsp3) is 0.190. The standard InChI is InChI=1S/C21H20FN3/c1-14-13-25(21(23)24-12-15-5-3-2-4-6-15)19-10-7-16-11-17(22)8-9-18(16)20(14)19/h2-11,14H,12-13H2,1H3,(H2,23,24). The third-order valence-corrected chi connectivity index (χ3v) is 4.78. The number of nitrogens with two attached hydrogens (primary N) is 1. The van der Waals surface area contributed by atoms with Crippen molar-refractivity contribution >= 4 is 22.4 Å². The molecule has 0 fully saturated rings. The van der Waals surface area contributed by atoms with Gasteiger partial charge in [0, 0.05) is 18.2 Å². The van der Waals surface area contributed by atoms with Crippen LogP contribution in [0.4, 0.5) is 10.1 Å². The first-order chi connectivity index (χ1) is 12.1. The fourth-order valence-corrected chi connectivity index (χ4v) is 3.59. The van der Waals surface area contributed by atoms with Gasteiger partial charge in [0.1, 0.15) is 5.82 Å². The van der Waals surface area contributed by atoms with Crippen molar-refractivity contribution in [3.63, 3.8) is 0 Å². The van der Waals surface area contributed by atoms with Crippen LogP contribution in [0.3, 0.4) is 0 Å². The number of guanidine groups is 1. The molecule has 0 saturated heterocycles. The molecule has 1 unspecified atom stereocenters. The number of aliphatic imine (C=N–C) groups is 1. The zero-order valence-electron chi connectivity index (χ0n) is 14.1. The highest BCUT2D eigenvalue weighted by molar-refractivity contribution is 6.02. The van der Waals surface area contributed by atoms with Gasteiger partial charge in [-0.1, -0.05) is 49.4 Å². The molecule has 25 heavy (non-hydrogen) atoms. The van der Waals surface area contributed by atoms with Crippen LogP contribution in [-0.2, 0) is 6.54 Å². The van der Waals surface area contributed by atoms with Crippen LogP contribution in [0.5, 0.6) is 0 Å². The third kappa shape index (κ3) is 2.84. The van der Waals surface area contributed by atoms with Crippen molar-refractivity contribution in [1.82, 2.24) is 0 Å². The van der Waals surface area contributed by atoms with Crippen molar-refractivity contribution in [3.8, 4) is 0 Å². The van der Waals surface area contributed by atoms with Crippen LogP contribution in [0.15, 0.2) is 65.7 Å². The monoisotopic (exact) mass is 333 g/mol. The minimum absolute atomic E-state index is 0.209. The lowest BCUT2D eigenvalue weighted by Gasteiger charge is -2.18. The number of nitrogens with zero attached hydrogens (tertiary/aromatic N) is 2. The number of hydrogen-bond acceptors (Lipinski definition) is 1. The molecule has 2 N–H and O–H groups in total. The Kier molecular flexibility index (Phi) is 3.88. The van der Waals surface area contributed by atoms with E-state index < -0.39 is 0 Å². The molecule has 126 valence electrons. The first kappa shape index (κ1) is 15.6. The van der Waals surface area contributed by atoms with E-state index in [-0.39, 0.29) is 5.82 Å². The summed E-state index contributed by atoms with van der Waals surface area (Å²) >= 11 is 0. The molecule has 3 aromatic rings. The van der Waals surface area contributed by atoms with Crippen molar-refractivity contribution in [2.45, 2.75) is 19.4 Å². The quantitative estimate of drug-likeness (QED) is 0.557. The average molecular weight is 333 g/mol. The van der Waals surface area contributed by atoms with Crippen molar-refractivity contribution in [2.75, 3.05) is 11.4 Å². The van der Waals surface area contributed by atoms with Gasteiger partial charge in [0.2, 0.25) is 0 Å². The summed E-state index contributed by atoms with van der Waals surface area (Å²) in [5.41, 5.74) is 9.71. The van der Waals surface area contributed by atoms with E-state index in [1.165, 1.54) is 11.6 Å². The van der Waals surface area contributed by atoms with Crippen LogP contribution in [0.25, 0.3) is 10.8 Å². The number of anilines is 1. The van der Waals surface area contributed by atoms with Gasteiger partial charge in [0.25, 0.3) is 0 Å². The number of benzene rings is 3. The first-order valence-corrected chi connectivity index (χ1v) is 8.47. The van der Waals surface area contributed by atoms with Crippen LogP contribution < -0.4 is 10.6 Å². The summed E-state index contributed by atoms with van der Waals surface area (Å²) in [7, 11) is 0. The zero-order chi connectivity index (χ0) is 17.4. The normalized spacial score (nSPS) is 17.1. The van der Waals surface area contributed by atoms with Gasteiger partial charge in [-0.2, -0.15) is 0 Å². The fourth-order valence-electron chi connectivity index (χ4n) is 3.59. The zero-order valence-corrected chi connectivity index (χ0v) is 14.1. The lowest BCUT2D eigenvalue weighted by Crippen LogP contribution is -2.36. The summed E-state index contributed by atoms with van der Waals surface area (Å²) < 4.78 is 13.5. The molecule has 0 aromatic heterocycles. The number of rotatable bonds is 2. The van der Waals surface area contributed by atoms with Crippen LogP contribution in [0.2, 0.25) is 0 Å². The van der Waals surface area contributed by atoms with Gasteiger partial charge < -0.3 is 10.6 Å². The Bertz CT molecular complexity index is 950. The molecular formula is C21H20FN3. The van der Waals surface area contributed by atoms with Crippen molar-refractivity contribution in [3.05, 3.63) is 77.6 Å². The van der Waals surface area contributed by atoms with Crippen molar-refractivity contribution in [1.29, 1.82) is 0 Å². The summed E-state index contributed by atoms with van der Waals surface area (Å²) in [4.78, 5) is 6.63. The van der Waals surface area contributed by atoms with E-state index in [9.17, 15) is 4.39 Å². The van der Waals surface area contributed by atoms with Crippen LogP contribution >= 0.6 is 0 Å². The maximum absolute atomic E-state index is 13.5. The van der Waals surface area contributed by atoms with E-state index in [1.54, 1.807) is 6.07 Å². The van der Waals surface area contributed by atoms with E-state index in [1.807, 2.05) is 48.5 Å². The largest absolute Gasteiger partial charge is 0.370 e.